The molecule has 0 aliphatic rings. The first-order valence-corrected chi connectivity index (χ1v) is 8.66. The quantitative estimate of drug-likeness (QED) is 0.726. The molecule has 27 heavy (non-hydrogen) atoms. The lowest BCUT2D eigenvalue weighted by Crippen LogP contribution is -2.32. The molecular weight excluding hydrogens is 344 g/mol. The molecule has 1 atom stereocenters. The zero-order valence-electron chi connectivity index (χ0n) is 15.4. The van der Waals surface area contributed by atoms with Gasteiger partial charge in [-0.3, -0.25) is 4.79 Å². The highest BCUT2D eigenvalue weighted by Gasteiger charge is 2.14. The first kappa shape index (κ1) is 20.0. The van der Waals surface area contributed by atoms with Crippen LogP contribution in [-0.2, 0) is 14.3 Å². The minimum atomic E-state index is -0.641. The number of esters is 1. The fourth-order valence-corrected chi connectivity index (χ4v) is 2.41. The maximum atomic E-state index is 12.0. The molecule has 0 aromatic heterocycles. The van der Waals surface area contributed by atoms with Crippen LogP contribution in [0.5, 0.6) is 5.75 Å². The van der Waals surface area contributed by atoms with Crippen molar-refractivity contribution in [2.24, 2.45) is 0 Å². The van der Waals surface area contributed by atoms with Gasteiger partial charge in [0.2, 0.25) is 0 Å². The Morgan fingerprint density at radius 3 is 2.33 bits per heavy atom. The highest BCUT2D eigenvalue weighted by molar-refractivity contribution is 5.81. The van der Waals surface area contributed by atoms with Crippen LogP contribution in [0.3, 0.4) is 0 Å². The third kappa shape index (κ3) is 6.48. The molecule has 0 aliphatic carbocycles. The third-order valence-corrected chi connectivity index (χ3v) is 3.93. The van der Waals surface area contributed by atoms with Crippen LogP contribution in [0.25, 0.3) is 0 Å². The number of rotatable bonds is 8. The smallest absolute Gasteiger partial charge is 0.344 e. The number of carbonyl (C=O) groups is 2. The van der Waals surface area contributed by atoms with Gasteiger partial charge in [-0.05, 0) is 43.2 Å². The second-order valence-electron chi connectivity index (χ2n) is 6.02. The molecule has 140 valence electrons. The summed E-state index contributed by atoms with van der Waals surface area (Å²) < 4.78 is 10.2. The summed E-state index contributed by atoms with van der Waals surface area (Å²) in [4.78, 5) is 23.8. The van der Waals surface area contributed by atoms with E-state index in [9.17, 15) is 9.59 Å². The number of nitrogens with zero attached hydrogens (tertiary/aromatic N) is 1. The van der Waals surface area contributed by atoms with Crippen molar-refractivity contribution in [3.63, 3.8) is 0 Å². The van der Waals surface area contributed by atoms with Crippen molar-refractivity contribution in [2.45, 2.75) is 26.3 Å². The van der Waals surface area contributed by atoms with E-state index >= 15 is 0 Å². The first-order chi connectivity index (χ1) is 13.0. The fraction of sp³-hybridized carbons (Fsp3) is 0.286. The first-order valence-electron chi connectivity index (χ1n) is 8.66. The Morgan fingerprint density at radius 2 is 1.74 bits per heavy atom. The van der Waals surface area contributed by atoms with Crippen LogP contribution < -0.4 is 10.1 Å². The molecule has 0 unspecified atom stereocenters. The van der Waals surface area contributed by atoms with Crippen molar-refractivity contribution >= 4 is 11.9 Å². The SMILES string of the molecule is CC[C@@H](NC(=O)COC(=O)COc1ccc(C#N)cc1)c1ccc(C)cc1. The lowest BCUT2D eigenvalue weighted by Gasteiger charge is -2.17. The molecule has 2 aromatic carbocycles. The van der Waals surface area contributed by atoms with E-state index in [0.717, 1.165) is 17.5 Å². The standard InChI is InChI=1S/C21H22N2O4/c1-3-19(17-8-4-15(2)5-9-17)23-20(24)13-27-21(25)14-26-18-10-6-16(12-22)7-11-18/h4-11,19H,3,13-14H2,1-2H3,(H,23,24)/t19-/m1/s1. The van der Waals surface area contributed by atoms with Gasteiger partial charge < -0.3 is 14.8 Å². The van der Waals surface area contributed by atoms with Crippen LogP contribution in [-0.4, -0.2) is 25.1 Å². The summed E-state index contributed by atoms with van der Waals surface area (Å²) in [5.74, 6) is -0.562. The third-order valence-electron chi connectivity index (χ3n) is 3.93. The van der Waals surface area contributed by atoms with E-state index in [1.165, 1.54) is 0 Å². The van der Waals surface area contributed by atoms with Gasteiger partial charge in [-0.25, -0.2) is 4.79 Å². The van der Waals surface area contributed by atoms with Gasteiger partial charge in [-0.15, -0.1) is 0 Å². The number of benzene rings is 2. The van der Waals surface area contributed by atoms with Crippen molar-refractivity contribution < 1.29 is 19.1 Å². The van der Waals surface area contributed by atoms with Crippen LogP contribution in [0, 0.1) is 18.3 Å². The maximum Gasteiger partial charge on any atom is 0.344 e. The largest absolute Gasteiger partial charge is 0.482 e. The maximum absolute atomic E-state index is 12.0. The summed E-state index contributed by atoms with van der Waals surface area (Å²) in [6.45, 7) is 3.30. The fourth-order valence-electron chi connectivity index (χ4n) is 2.41. The number of nitriles is 1. The minimum absolute atomic E-state index is 0.133. The molecule has 1 amide bonds. The van der Waals surface area contributed by atoms with Crippen molar-refractivity contribution in [2.75, 3.05) is 13.2 Å². The predicted molar refractivity (Wildman–Crippen MR) is 100.0 cm³/mol. The van der Waals surface area contributed by atoms with Gasteiger partial charge in [-0.2, -0.15) is 5.26 Å². The van der Waals surface area contributed by atoms with Gasteiger partial charge in [-0.1, -0.05) is 36.8 Å². The second-order valence-corrected chi connectivity index (χ2v) is 6.02. The molecule has 0 saturated carbocycles. The number of hydrogen-bond donors (Lipinski definition) is 1. The molecule has 1 N–H and O–H groups in total. The van der Waals surface area contributed by atoms with Crippen molar-refractivity contribution in [3.8, 4) is 11.8 Å². The Bertz CT molecular complexity index is 808. The summed E-state index contributed by atoms with van der Waals surface area (Å²) in [5.41, 5.74) is 2.66. The number of aryl methyl sites for hydroxylation is 1. The van der Waals surface area contributed by atoms with Crippen LogP contribution in [0.4, 0.5) is 0 Å². The summed E-state index contributed by atoms with van der Waals surface area (Å²) >= 11 is 0. The van der Waals surface area contributed by atoms with E-state index < -0.39 is 5.97 Å². The van der Waals surface area contributed by atoms with Gasteiger partial charge in [0.1, 0.15) is 5.75 Å². The van der Waals surface area contributed by atoms with Crippen LogP contribution in [0.15, 0.2) is 48.5 Å². The summed E-state index contributed by atoms with van der Waals surface area (Å²) in [6.07, 6.45) is 0.727. The molecule has 2 rings (SSSR count). The molecule has 0 saturated heterocycles. The summed E-state index contributed by atoms with van der Waals surface area (Å²) in [5, 5.41) is 11.6. The second kappa shape index (κ2) is 9.97. The Labute approximate surface area is 158 Å². The van der Waals surface area contributed by atoms with E-state index in [1.54, 1.807) is 24.3 Å². The highest BCUT2D eigenvalue weighted by Crippen LogP contribution is 2.17. The normalized spacial score (nSPS) is 11.1. The Kier molecular flexibility index (Phi) is 7.38. The topological polar surface area (TPSA) is 88.4 Å². The lowest BCUT2D eigenvalue weighted by atomic mass is 10.0. The van der Waals surface area contributed by atoms with Crippen LogP contribution in [0.2, 0.25) is 0 Å². The van der Waals surface area contributed by atoms with Crippen molar-refractivity contribution in [3.05, 3.63) is 65.2 Å². The molecule has 0 radical (unpaired) electrons. The average Bonchev–Trinajstić information content (AvgIpc) is 2.70. The zero-order valence-corrected chi connectivity index (χ0v) is 15.4. The predicted octanol–water partition coefficient (Wildman–Crippen LogP) is 3.06. The number of carbonyl (C=O) groups excluding carboxylic acids is 2. The van der Waals surface area contributed by atoms with E-state index in [-0.39, 0.29) is 25.2 Å². The molecule has 6 heteroatoms. The highest BCUT2D eigenvalue weighted by atomic mass is 16.6. The van der Waals surface area contributed by atoms with E-state index in [0.29, 0.717) is 11.3 Å². The monoisotopic (exact) mass is 366 g/mol. The zero-order chi connectivity index (χ0) is 19.6. The lowest BCUT2D eigenvalue weighted by molar-refractivity contribution is -0.150. The van der Waals surface area contributed by atoms with Gasteiger partial charge in [0, 0.05) is 0 Å². The molecule has 0 fully saturated rings. The van der Waals surface area contributed by atoms with Gasteiger partial charge in [0.15, 0.2) is 13.2 Å². The number of amides is 1. The molecule has 0 heterocycles. The van der Waals surface area contributed by atoms with Crippen LogP contribution in [0.1, 0.15) is 36.1 Å². The minimum Gasteiger partial charge on any atom is -0.482 e. The molecular formula is C21H22N2O4. The average molecular weight is 366 g/mol. The van der Waals surface area contributed by atoms with Gasteiger partial charge in [0.25, 0.3) is 5.91 Å². The van der Waals surface area contributed by atoms with E-state index in [1.807, 2.05) is 44.2 Å². The van der Waals surface area contributed by atoms with E-state index in [4.69, 9.17) is 14.7 Å². The number of nitrogens with one attached hydrogen (secondary N) is 1. The van der Waals surface area contributed by atoms with Crippen LogP contribution >= 0.6 is 0 Å². The van der Waals surface area contributed by atoms with Gasteiger partial charge in [0.05, 0.1) is 17.7 Å². The molecule has 0 aliphatic heterocycles. The summed E-state index contributed by atoms with van der Waals surface area (Å²) in [7, 11) is 0. The Hall–Kier alpha value is -3.33. The molecule has 0 bridgehead atoms. The Balaban J connectivity index is 1.75. The number of hydrogen-bond acceptors (Lipinski definition) is 5. The summed E-state index contributed by atoms with van der Waals surface area (Å²) in [6, 6.07) is 16.1. The van der Waals surface area contributed by atoms with Gasteiger partial charge >= 0.3 is 5.97 Å². The molecule has 2 aromatic rings. The van der Waals surface area contributed by atoms with Crippen molar-refractivity contribution in [1.29, 1.82) is 5.26 Å². The van der Waals surface area contributed by atoms with E-state index in [2.05, 4.69) is 5.32 Å². The van der Waals surface area contributed by atoms with Crippen molar-refractivity contribution in [1.82, 2.24) is 5.32 Å². The molecule has 0 spiro atoms. The Morgan fingerprint density at radius 1 is 1.07 bits per heavy atom. The molecule has 6 nitrogen and oxygen atoms in total. The number of ether oxygens (including phenoxy) is 2.